The van der Waals surface area contributed by atoms with E-state index in [9.17, 15) is 9.59 Å². The van der Waals surface area contributed by atoms with Crippen LogP contribution in [0.5, 0.6) is 11.5 Å². The van der Waals surface area contributed by atoms with Gasteiger partial charge >= 0.3 is 0 Å². The van der Waals surface area contributed by atoms with Gasteiger partial charge in [-0.1, -0.05) is 6.92 Å². The van der Waals surface area contributed by atoms with Gasteiger partial charge in [-0.3, -0.25) is 9.59 Å². The molecule has 0 saturated carbocycles. The lowest BCUT2D eigenvalue weighted by Gasteiger charge is -2.11. The first kappa shape index (κ1) is 21.0. The summed E-state index contributed by atoms with van der Waals surface area (Å²) in [4.78, 5) is 22.7. The van der Waals surface area contributed by atoms with Crippen molar-refractivity contribution in [1.82, 2.24) is 10.6 Å². The molecule has 0 heterocycles. The van der Waals surface area contributed by atoms with Gasteiger partial charge in [0.05, 0.1) is 7.11 Å². The van der Waals surface area contributed by atoms with Crippen molar-refractivity contribution in [3.05, 3.63) is 23.8 Å². The van der Waals surface area contributed by atoms with Crippen LogP contribution in [0.4, 0.5) is 0 Å². The zero-order chi connectivity index (χ0) is 16.4. The Labute approximate surface area is 142 Å². The average Bonchev–Trinajstić information content (AvgIpc) is 2.52. The highest BCUT2D eigenvalue weighted by molar-refractivity contribution is 5.94. The number of nitrogens with two attached hydrogens (primary N) is 1. The second-order valence-corrected chi connectivity index (χ2v) is 4.63. The Balaban J connectivity index is 0.00000484. The summed E-state index contributed by atoms with van der Waals surface area (Å²) in [5.41, 5.74) is 5.48. The number of benzene rings is 1. The van der Waals surface area contributed by atoms with Crippen LogP contribution in [0.1, 0.15) is 23.7 Å². The summed E-state index contributed by atoms with van der Waals surface area (Å²) >= 11 is 0. The molecule has 0 unspecified atom stereocenters. The number of hydrogen-bond donors (Lipinski definition) is 3. The fraction of sp³-hybridized carbons (Fsp3) is 0.467. The second-order valence-electron chi connectivity index (χ2n) is 4.63. The molecule has 0 spiro atoms. The minimum absolute atomic E-state index is 0. The predicted molar refractivity (Wildman–Crippen MR) is 90.4 cm³/mol. The van der Waals surface area contributed by atoms with E-state index in [1.807, 2.05) is 0 Å². The normalized spacial score (nSPS) is 9.65. The smallest absolute Gasteiger partial charge is 0.255 e. The molecule has 0 fully saturated rings. The molecular formula is C15H24ClN3O4. The molecule has 1 aromatic carbocycles. The summed E-state index contributed by atoms with van der Waals surface area (Å²) < 4.78 is 10.4. The van der Waals surface area contributed by atoms with Crippen molar-refractivity contribution >= 4 is 24.2 Å². The quantitative estimate of drug-likeness (QED) is 0.542. The molecule has 0 saturated heterocycles. The van der Waals surface area contributed by atoms with Crippen LogP contribution in [-0.2, 0) is 4.79 Å². The van der Waals surface area contributed by atoms with Gasteiger partial charge in [0.2, 0.25) is 0 Å². The van der Waals surface area contributed by atoms with Gasteiger partial charge in [-0.05, 0) is 31.2 Å². The number of amides is 2. The Morgan fingerprint density at radius 3 is 2.52 bits per heavy atom. The summed E-state index contributed by atoms with van der Waals surface area (Å²) in [5, 5.41) is 6.00. The fourth-order valence-electron chi connectivity index (χ4n) is 1.75. The number of carbonyl (C=O) groups is 2. The number of primary amides is 1. The van der Waals surface area contributed by atoms with Gasteiger partial charge in [0.1, 0.15) is 0 Å². The lowest BCUT2D eigenvalue weighted by molar-refractivity contribution is -0.119. The van der Waals surface area contributed by atoms with Gasteiger partial charge in [0.15, 0.2) is 18.1 Å². The van der Waals surface area contributed by atoms with Crippen molar-refractivity contribution in [3.8, 4) is 11.5 Å². The first-order valence-electron chi connectivity index (χ1n) is 7.16. The highest BCUT2D eigenvalue weighted by Gasteiger charge is 2.11. The maximum atomic E-state index is 12.0. The van der Waals surface area contributed by atoms with Crippen molar-refractivity contribution in [2.75, 3.05) is 33.4 Å². The largest absolute Gasteiger partial charge is 0.493 e. The maximum Gasteiger partial charge on any atom is 0.255 e. The minimum Gasteiger partial charge on any atom is -0.493 e. The van der Waals surface area contributed by atoms with Gasteiger partial charge in [0, 0.05) is 18.7 Å². The van der Waals surface area contributed by atoms with Crippen LogP contribution >= 0.6 is 12.4 Å². The summed E-state index contributed by atoms with van der Waals surface area (Å²) in [6, 6.07) is 4.74. The van der Waals surface area contributed by atoms with E-state index in [0.717, 1.165) is 19.5 Å². The minimum atomic E-state index is -0.580. The van der Waals surface area contributed by atoms with Gasteiger partial charge < -0.3 is 25.8 Å². The molecule has 1 rings (SSSR count). The molecular weight excluding hydrogens is 322 g/mol. The monoisotopic (exact) mass is 345 g/mol. The van der Waals surface area contributed by atoms with E-state index in [-0.39, 0.29) is 24.9 Å². The SMILES string of the molecule is CCCNCCNC(=O)c1ccc(OCC(N)=O)c(OC)c1.Cl. The molecule has 23 heavy (non-hydrogen) atoms. The number of hydrogen-bond acceptors (Lipinski definition) is 5. The molecule has 1 aromatic rings. The summed E-state index contributed by atoms with van der Waals surface area (Å²) in [6.45, 7) is 4.03. The number of nitrogens with one attached hydrogen (secondary N) is 2. The van der Waals surface area contributed by atoms with Gasteiger partial charge in [-0.2, -0.15) is 0 Å². The van der Waals surface area contributed by atoms with Crippen LogP contribution < -0.4 is 25.8 Å². The fourth-order valence-corrected chi connectivity index (χ4v) is 1.75. The first-order chi connectivity index (χ1) is 10.6. The van der Waals surface area contributed by atoms with E-state index >= 15 is 0 Å². The van der Waals surface area contributed by atoms with E-state index < -0.39 is 5.91 Å². The van der Waals surface area contributed by atoms with Gasteiger partial charge in [-0.15, -0.1) is 12.4 Å². The predicted octanol–water partition coefficient (Wildman–Crippen LogP) is 0.710. The zero-order valence-electron chi connectivity index (χ0n) is 13.4. The topological polar surface area (TPSA) is 103 Å². The van der Waals surface area contributed by atoms with Crippen LogP contribution in [0.15, 0.2) is 18.2 Å². The molecule has 0 aliphatic heterocycles. The number of ether oxygens (including phenoxy) is 2. The molecule has 0 radical (unpaired) electrons. The molecule has 0 bridgehead atoms. The molecule has 4 N–H and O–H groups in total. The van der Waals surface area contributed by atoms with Gasteiger partial charge in [-0.25, -0.2) is 0 Å². The molecule has 0 aliphatic rings. The van der Waals surface area contributed by atoms with E-state index in [0.29, 0.717) is 23.6 Å². The Bertz CT molecular complexity index is 511. The van der Waals surface area contributed by atoms with Crippen LogP contribution in [0.3, 0.4) is 0 Å². The first-order valence-corrected chi connectivity index (χ1v) is 7.16. The van der Waals surface area contributed by atoms with Crippen LogP contribution in [-0.4, -0.2) is 45.2 Å². The van der Waals surface area contributed by atoms with E-state index in [1.165, 1.54) is 7.11 Å². The highest BCUT2D eigenvalue weighted by Crippen LogP contribution is 2.27. The number of methoxy groups -OCH3 is 1. The molecule has 0 atom stereocenters. The summed E-state index contributed by atoms with van der Waals surface area (Å²) in [7, 11) is 1.46. The van der Waals surface area contributed by atoms with Crippen molar-refractivity contribution in [1.29, 1.82) is 0 Å². The Hall–Kier alpha value is -1.99. The van der Waals surface area contributed by atoms with Crippen molar-refractivity contribution in [3.63, 3.8) is 0 Å². The molecule has 0 aromatic heterocycles. The van der Waals surface area contributed by atoms with Crippen molar-refractivity contribution < 1.29 is 19.1 Å². The second kappa shape index (κ2) is 11.6. The van der Waals surface area contributed by atoms with Crippen LogP contribution in [0, 0.1) is 0 Å². The molecule has 8 heteroatoms. The summed E-state index contributed by atoms with van der Waals surface area (Å²) in [5.74, 6) is -0.0398. The van der Waals surface area contributed by atoms with Crippen molar-refractivity contribution in [2.24, 2.45) is 5.73 Å². The van der Waals surface area contributed by atoms with Gasteiger partial charge in [0.25, 0.3) is 11.8 Å². The molecule has 2 amide bonds. The number of rotatable bonds is 10. The third-order valence-corrected chi connectivity index (χ3v) is 2.81. The highest BCUT2D eigenvalue weighted by atomic mass is 35.5. The maximum absolute atomic E-state index is 12.0. The van der Waals surface area contributed by atoms with E-state index in [1.54, 1.807) is 18.2 Å². The Kier molecular flexibility index (Phi) is 10.6. The summed E-state index contributed by atoms with van der Waals surface area (Å²) in [6.07, 6.45) is 1.05. The van der Waals surface area contributed by atoms with Crippen LogP contribution in [0.25, 0.3) is 0 Å². The standard InChI is InChI=1S/C15H23N3O4.ClH/c1-3-6-17-7-8-18-15(20)11-4-5-12(13(9-11)21-2)22-10-14(16)19;/h4-5,9,17H,3,6-8,10H2,1-2H3,(H2,16,19)(H,18,20);1H. The van der Waals surface area contributed by atoms with E-state index in [4.69, 9.17) is 15.2 Å². The molecule has 7 nitrogen and oxygen atoms in total. The van der Waals surface area contributed by atoms with Crippen molar-refractivity contribution in [2.45, 2.75) is 13.3 Å². The third-order valence-electron chi connectivity index (χ3n) is 2.81. The molecule has 0 aliphatic carbocycles. The number of carbonyl (C=O) groups excluding carboxylic acids is 2. The molecule has 130 valence electrons. The lowest BCUT2D eigenvalue weighted by atomic mass is 10.2. The lowest BCUT2D eigenvalue weighted by Crippen LogP contribution is -2.32. The average molecular weight is 346 g/mol. The number of halogens is 1. The Morgan fingerprint density at radius 2 is 1.91 bits per heavy atom. The third kappa shape index (κ3) is 7.71. The van der Waals surface area contributed by atoms with E-state index in [2.05, 4.69) is 17.6 Å². The zero-order valence-corrected chi connectivity index (χ0v) is 14.2. The Morgan fingerprint density at radius 1 is 1.17 bits per heavy atom. The van der Waals surface area contributed by atoms with Crippen LogP contribution in [0.2, 0.25) is 0 Å².